The lowest BCUT2D eigenvalue weighted by Gasteiger charge is -2.17. The SMILES string of the molecule is Cc1cccc(OC2CCCC2)c1-c1cc(N)n[nH]1. The Labute approximate surface area is 113 Å². The summed E-state index contributed by atoms with van der Waals surface area (Å²) in [7, 11) is 0. The molecule has 1 saturated carbocycles. The van der Waals surface area contributed by atoms with Crippen LogP contribution in [0.25, 0.3) is 11.3 Å². The third-order valence-electron chi connectivity index (χ3n) is 3.70. The molecule has 4 heteroatoms. The average molecular weight is 257 g/mol. The van der Waals surface area contributed by atoms with Gasteiger partial charge in [0.2, 0.25) is 0 Å². The molecule has 1 aromatic carbocycles. The summed E-state index contributed by atoms with van der Waals surface area (Å²) in [6.45, 7) is 2.08. The van der Waals surface area contributed by atoms with Gasteiger partial charge in [0.1, 0.15) is 11.6 Å². The van der Waals surface area contributed by atoms with E-state index in [0.717, 1.165) is 29.8 Å². The maximum Gasteiger partial charge on any atom is 0.145 e. The molecule has 0 amide bonds. The Bertz CT molecular complexity index is 571. The van der Waals surface area contributed by atoms with E-state index in [1.54, 1.807) is 0 Å². The Morgan fingerprint density at radius 1 is 1.32 bits per heavy atom. The third-order valence-corrected chi connectivity index (χ3v) is 3.70. The minimum absolute atomic E-state index is 0.348. The van der Waals surface area contributed by atoms with E-state index in [1.165, 1.54) is 18.4 Å². The number of nitrogens with zero attached hydrogens (tertiary/aromatic N) is 1. The maximum absolute atomic E-state index is 6.16. The monoisotopic (exact) mass is 257 g/mol. The molecule has 1 aliphatic carbocycles. The van der Waals surface area contributed by atoms with Crippen molar-refractivity contribution in [3.8, 4) is 17.0 Å². The average Bonchev–Trinajstić information content (AvgIpc) is 3.01. The van der Waals surface area contributed by atoms with Gasteiger partial charge in [0.15, 0.2) is 0 Å². The summed E-state index contributed by atoms with van der Waals surface area (Å²) in [5, 5.41) is 6.98. The van der Waals surface area contributed by atoms with Crippen molar-refractivity contribution >= 4 is 5.82 Å². The third kappa shape index (κ3) is 2.43. The van der Waals surface area contributed by atoms with E-state index in [9.17, 15) is 0 Å². The number of ether oxygens (including phenoxy) is 1. The van der Waals surface area contributed by atoms with Crippen LogP contribution in [0.2, 0.25) is 0 Å². The molecule has 1 fully saturated rings. The van der Waals surface area contributed by atoms with E-state index >= 15 is 0 Å². The highest BCUT2D eigenvalue weighted by molar-refractivity contribution is 5.72. The summed E-state index contributed by atoms with van der Waals surface area (Å²) in [6, 6.07) is 7.98. The second kappa shape index (κ2) is 4.96. The molecule has 0 saturated heterocycles. The number of aromatic nitrogens is 2. The van der Waals surface area contributed by atoms with Crippen LogP contribution >= 0.6 is 0 Å². The fourth-order valence-electron chi connectivity index (χ4n) is 2.74. The summed E-state index contributed by atoms with van der Waals surface area (Å²) in [5.74, 6) is 1.43. The van der Waals surface area contributed by atoms with Crippen molar-refractivity contribution in [2.24, 2.45) is 0 Å². The van der Waals surface area contributed by atoms with Crippen LogP contribution in [0.3, 0.4) is 0 Å². The Kier molecular flexibility index (Phi) is 3.15. The number of anilines is 1. The topological polar surface area (TPSA) is 63.9 Å². The number of H-pyrrole nitrogens is 1. The van der Waals surface area contributed by atoms with Crippen molar-refractivity contribution in [1.29, 1.82) is 0 Å². The molecule has 2 aromatic rings. The lowest BCUT2D eigenvalue weighted by Crippen LogP contribution is -2.11. The standard InChI is InChI=1S/C15H19N3O/c1-10-5-4-8-13(19-11-6-2-3-7-11)15(10)12-9-14(16)18-17-12/h4-5,8-9,11H,2-3,6-7H2,1H3,(H3,16,17,18). The van der Waals surface area contributed by atoms with Crippen molar-refractivity contribution in [3.05, 3.63) is 29.8 Å². The van der Waals surface area contributed by atoms with E-state index in [4.69, 9.17) is 10.5 Å². The predicted molar refractivity (Wildman–Crippen MR) is 76.1 cm³/mol. The van der Waals surface area contributed by atoms with Gasteiger partial charge in [-0.1, -0.05) is 12.1 Å². The van der Waals surface area contributed by atoms with Crippen LogP contribution in [0, 0.1) is 6.92 Å². The smallest absolute Gasteiger partial charge is 0.145 e. The molecule has 1 aromatic heterocycles. The lowest BCUT2D eigenvalue weighted by molar-refractivity contribution is 0.211. The molecule has 100 valence electrons. The van der Waals surface area contributed by atoms with Gasteiger partial charge in [-0.15, -0.1) is 0 Å². The summed E-state index contributed by atoms with van der Waals surface area (Å²) in [4.78, 5) is 0. The van der Waals surface area contributed by atoms with Gasteiger partial charge >= 0.3 is 0 Å². The van der Waals surface area contributed by atoms with Gasteiger partial charge in [0.25, 0.3) is 0 Å². The number of hydrogen-bond acceptors (Lipinski definition) is 3. The number of aryl methyl sites for hydroxylation is 1. The van der Waals surface area contributed by atoms with Crippen LogP contribution in [0.1, 0.15) is 31.2 Å². The Hall–Kier alpha value is -1.97. The predicted octanol–water partition coefficient (Wildman–Crippen LogP) is 3.29. The zero-order valence-corrected chi connectivity index (χ0v) is 11.1. The second-order valence-corrected chi connectivity index (χ2v) is 5.18. The number of aromatic amines is 1. The molecule has 0 unspecified atom stereocenters. The molecular weight excluding hydrogens is 238 g/mol. The maximum atomic E-state index is 6.16. The van der Waals surface area contributed by atoms with E-state index < -0.39 is 0 Å². The lowest BCUT2D eigenvalue weighted by atomic mass is 10.0. The Morgan fingerprint density at radius 2 is 2.11 bits per heavy atom. The van der Waals surface area contributed by atoms with Crippen LogP contribution in [-0.2, 0) is 0 Å². The van der Waals surface area contributed by atoms with Crippen molar-refractivity contribution in [2.75, 3.05) is 5.73 Å². The molecule has 0 spiro atoms. The normalized spacial score (nSPS) is 15.8. The number of hydrogen-bond donors (Lipinski definition) is 2. The quantitative estimate of drug-likeness (QED) is 0.886. The van der Waals surface area contributed by atoms with Crippen LogP contribution in [0.15, 0.2) is 24.3 Å². The van der Waals surface area contributed by atoms with E-state index in [2.05, 4.69) is 23.2 Å². The molecule has 0 atom stereocenters. The van der Waals surface area contributed by atoms with Crippen LogP contribution < -0.4 is 10.5 Å². The Morgan fingerprint density at radius 3 is 2.79 bits per heavy atom. The molecule has 3 rings (SSSR count). The second-order valence-electron chi connectivity index (χ2n) is 5.18. The van der Waals surface area contributed by atoms with Gasteiger partial charge in [-0.3, -0.25) is 5.10 Å². The van der Waals surface area contributed by atoms with Crippen molar-refractivity contribution in [3.63, 3.8) is 0 Å². The fraction of sp³-hybridized carbons (Fsp3) is 0.400. The van der Waals surface area contributed by atoms with E-state index in [1.807, 2.05) is 18.2 Å². The van der Waals surface area contributed by atoms with Crippen LogP contribution in [0.5, 0.6) is 5.75 Å². The number of nitrogens with one attached hydrogen (secondary N) is 1. The number of nitrogen functional groups attached to an aromatic ring is 1. The first-order valence-electron chi connectivity index (χ1n) is 6.81. The van der Waals surface area contributed by atoms with Gasteiger partial charge < -0.3 is 10.5 Å². The molecule has 3 N–H and O–H groups in total. The van der Waals surface area contributed by atoms with Crippen LogP contribution in [0.4, 0.5) is 5.82 Å². The van der Waals surface area contributed by atoms with Gasteiger partial charge in [-0.2, -0.15) is 5.10 Å². The van der Waals surface area contributed by atoms with Gasteiger partial charge in [-0.25, -0.2) is 0 Å². The highest BCUT2D eigenvalue weighted by Crippen LogP contribution is 2.35. The largest absolute Gasteiger partial charge is 0.490 e. The molecule has 19 heavy (non-hydrogen) atoms. The molecule has 4 nitrogen and oxygen atoms in total. The van der Waals surface area contributed by atoms with Gasteiger partial charge in [-0.05, 0) is 44.2 Å². The van der Waals surface area contributed by atoms with E-state index in [0.29, 0.717) is 11.9 Å². The molecule has 1 aliphatic rings. The van der Waals surface area contributed by atoms with Crippen LogP contribution in [-0.4, -0.2) is 16.3 Å². The highest BCUT2D eigenvalue weighted by atomic mass is 16.5. The van der Waals surface area contributed by atoms with Crippen molar-refractivity contribution in [1.82, 2.24) is 10.2 Å². The zero-order chi connectivity index (χ0) is 13.2. The summed E-state index contributed by atoms with van der Waals surface area (Å²) >= 11 is 0. The molecular formula is C15H19N3O. The molecule has 0 aliphatic heterocycles. The van der Waals surface area contributed by atoms with E-state index in [-0.39, 0.29) is 0 Å². The first-order valence-corrected chi connectivity index (χ1v) is 6.81. The number of benzene rings is 1. The summed E-state index contributed by atoms with van der Waals surface area (Å²) < 4.78 is 6.16. The number of rotatable bonds is 3. The minimum Gasteiger partial charge on any atom is -0.490 e. The molecule has 0 radical (unpaired) electrons. The molecule has 1 heterocycles. The first kappa shape index (κ1) is 12.1. The minimum atomic E-state index is 0.348. The van der Waals surface area contributed by atoms with Crippen molar-refractivity contribution in [2.45, 2.75) is 38.7 Å². The number of nitrogens with two attached hydrogens (primary N) is 1. The zero-order valence-electron chi connectivity index (χ0n) is 11.1. The molecule has 0 bridgehead atoms. The Balaban J connectivity index is 1.97. The van der Waals surface area contributed by atoms with Gasteiger partial charge in [0, 0.05) is 11.6 Å². The van der Waals surface area contributed by atoms with Gasteiger partial charge in [0.05, 0.1) is 11.8 Å². The summed E-state index contributed by atoms with van der Waals surface area (Å²) in [5.41, 5.74) is 8.85. The fourth-order valence-corrected chi connectivity index (χ4v) is 2.74. The first-order chi connectivity index (χ1) is 9.24. The highest BCUT2D eigenvalue weighted by Gasteiger charge is 2.19. The summed E-state index contributed by atoms with van der Waals surface area (Å²) in [6.07, 6.45) is 5.18. The van der Waals surface area contributed by atoms with Crippen molar-refractivity contribution < 1.29 is 4.74 Å².